The Morgan fingerprint density at radius 1 is 1.18 bits per heavy atom. The minimum atomic E-state index is -4.09. The number of fused-ring (bicyclic) bond motifs is 1. The van der Waals surface area contributed by atoms with Gasteiger partial charge in [-0.15, -0.1) is 0 Å². The van der Waals surface area contributed by atoms with Gasteiger partial charge in [0.15, 0.2) is 0 Å². The largest absolute Gasteiger partial charge is 0.477 e. The van der Waals surface area contributed by atoms with E-state index in [0.29, 0.717) is 11.1 Å². The van der Waals surface area contributed by atoms with E-state index in [9.17, 15) is 8.42 Å². The molecule has 0 spiro atoms. The number of rotatable bonds is 6. The highest BCUT2D eigenvalue weighted by Crippen LogP contribution is 2.41. The summed E-state index contributed by atoms with van der Waals surface area (Å²) in [7, 11) is -1.29. The first-order chi connectivity index (χ1) is 13.3. The normalized spacial score (nSPS) is 12.8. The van der Waals surface area contributed by atoms with Gasteiger partial charge >= 0.3 is 0 Å². The van der Waals surface area contributed by atoms with E-state index in [2.05, 4.69) is 15.0 Å². The molecule has 0 amide bonds. The lowest BCUT2D eigenvalue weighted by atomic mass is 10.0. The summed E-state index contributed by atoms with van der Waals surface area (Å²) in [6.07, 6.45) is 3.16. The molecule has 8 nitrogen and oxygen atoms in total. The third-order valence-corrected chi connectivity index (χ3v) is 6.07. The number of benzene rings is 1. The lowest BCUT2D eigenvalue weighted by Crippen LogP contribution is -2.24. The van der Waals surface area contributed by atoms with Crippen molar-refractivity contribution in [3.8, 4) is 11.8 Å². The number of nitrogens with two attached hydrogens (primary N) is 1. The molecule has 0 saturated heterocycles. The monoisotopic (exact) mass is 442 g/mol. The van der Waals surface area contributed by atoms with Gasteiger partial charge in [-0.2, -0.15) is 0 Å². The Kier molecular flexibility index (Phi) is 5.90. The highest BCUT2D eigenvalue weighted by atomic mass is 35.5. The van der Waals surface area contributed by atoms with Gasteiger partial charge < -0.3 is 9.47 Å². The summed E-state index contributed by atoms with van der Waals surface area (Å²) in [5, 5.41) is 4.46. The number of primary sulfonamides is 1. The highest BCUT2D eigenvalue weighted by Gasteiger charge is 2.31. The van der Waals surface area contributed by atoms with E-state index in [1.54, 1.807) is 24.5 Å². The van der Waals surface area contributed by atoms with Crippen LogP contribution in [0, 0.1) is 0 Å². The second kappa shape index (κ2) is 8.04. The lowest BCUT2D eigenvalue weighted by molar-refractivity contribution is 0.334. The predicted molar refractivity (Wildman–Crippen MR) is 106 cm³/mol. The molecule has 0 bridgehead atoms. The van der Waals surface area contributed by atoms with E-state index < -0.39 is 15.3 Å². The molecule has 3 rings (SSSR count). The number of nitrogens with zero attached hydrogens (tertiary/aromatic N) is 3. The van der Waals surface area contributed by atoms with Crippen LogP contribution in [0.25, 0.3) is 11.0 Å². The number of pyridine rings is 1. The van der Waals surface area contributed by atoms with Crippen molar-refractivity contribution >= 4 is 44.3 Å². The summed E-state index contributed by atoms with van der Waals surface area (Å²) in [6.45, 7) is 0. The number of ether oxygens (including phenoxy) is 2. The van der Waals surface area contributed by atoms with Gasteiger partial charge in [0.05, 0.1) is 35.3 Å². The summed E-state index contributed by atoms with van der Waals surface area (Å²) in [5.41, 5.74) is 1.29. The van der Waals surface area contributed by atoms with E-state index >= 15 is 0 Å². The Hall–Kier alpha value is -2.20. The lowest BCUT2D eigenvalue weighted by Gasteiger charge is -2.19. The molecular formula is C17H16Cl2N4O4S. The van der Waals surface area contributed by atoms with Crippen molar-refractivity contribution in [2.24, 2.45) is 5.14 Å². The molecule has 0 aliphatic rings. The van der Waals surface area contributed by atoms with Crippen LogP contribution in [0.5, 0.6) is 11.8 Å². The van der Waals surface area contributed by atoms with Crippen LogP contribution in [0.1, 0.15) is 16.4 Å². The van der Waals surface area contributed by atoms with E-state index in [1.165, 1.54) is 20.3 Å². The standard InChI is InChI=1S/C17H16Cl2N4O4S/c1-26-16-17(27-2)23-15-11(22-16)7-10(18)14(19)13(15)12(28(20,24)25)6-9-4-3-5-21-8-9/h3-5,7-8,12H,6H2,1-2H3,(H2,20,24,25). The van der Waals surface area contributed by atoms with Crippen LogP contribution in [0.4, 0.5) is 0 Å². The fourth-order valence-corrected chi connectivity index (χ4v) is 4.34. The molecule has 1 unspecified atom stereocenters. The van der Waals surface area contributed by atoms with E-state index in [0.717, 1.165) is 0 Å². The molecule has 148 valence electrons. The van der Waals surface area contributed by atoms with Gasteiger partial charge in [0.25, 0.3) is 11.8 Å². The van der Waals surface area contributed by atoms with Gasteiger partial charge in [-0.1, -0.05) is 29.3 Å². The Morgan fingerprint density at radius 3 is 2.43 bits per heavy atom. The molecule has 28 heavy (non-hydrogen) atoms. The first-order valence-corrected chi connectivity index (χ1v) is 10.3. The number of hydrogen-bond donors (Lipinski definition) is 1. The average Bonchev–Trinajstić information content (AvgIpc) is 2.67. The maximum atomic E-state index is 12.5. The molecule has 0 fully saturated rings. The van der Waals surface area contributed by atoms with Crippen LogP contribution < -0.4 is 14.6 Å². The molecule has 0 aliphatic heterocycles. The first-order valence-electron chi connectivity index (χ1n) is 7.94. The maximum Gasteiger partial charge on any atom is 0.278 e. The second-order valence-corrected chi connectivity index (χ2v) is 8.37. The van der Waals surface area contributed by atoms with Crippen LogP contribution in [0.2, 0.25) is 10.0 Å². The van der Waals surface area contributed by atoms with Gasteiger partial charge in [-0.3, -0.25) is 4.98 Å². The average molecular weight is 443 g/mol. The third-order valence-electron chi connectivity index (χ3n) is 4.07. The fraction of sp³-hybridized carbons (Fsp3) is 0.235. The smallest absolute Gasteiger partial charge is 0.278 e. The van der Waals surface area contributed by atoms with Gasteiger partial charge in [-0.05, 0) is 24.1 Å². The second-order valence-electron chi connectivity index (χ2n) is 5.84. The van der Waals surface area contributed by atoms with E-state index in [-0.39, 0.29) is 39.3 Å². The van der Waals surface area contributed by atoms with Crippen molar-refractivity contribution in [3.05, 3.63) is 51.8 Å². The topological polar surface area (TPSA) is 117 Å². The molecular weight excluding hydrogens is 427 g/mol. The molecule has 0 saturated carbocycles. The van der Waals surface area contributed by atoms with Crippen LogP contribution in [0.3, 0.4) is 0 Å². The number of hydrogen-bond acceptors (Lipinski definition) is 7. The summed E-state index contributed by atoms with van der Waals surface area (Å²) >= 11 is 12.6. The molecule has 3 aromatic rings. The van der Waals surface area contributed by atoms with Gasteiger partial charge in [-0.25, -0.2) is 23.5 Å². The van der Waals surface area contributed by atoms with Crippen molar-refractivity contribution < 1.29 is 17.9 Å². The van der Waals surface area contributed by atoms with E-state index in [1.807, 2.05) is 0 Å². The summed E-state index contributed by atoms with van der Waals surface area (Å²) in [6, 6.07) is 4.91. The molecule has 2 N–H and O–H groups in total. The van der Waals surface area contributed by atoms with Crippen molar-refractivity contribution in [2.45, 2.75) is 11.7 Å². The number of halogens is 2. The quantitative estimate of drug-likeness (QED) is 0.623. The first kappa shape index (κ1) is 20.5. The molecule has 1 aromatic carbocycles. The zero-order valence-corrected chi connectivity index (χ0v) is 17.2. The van der Waals surface area contributed by atoms with E-state index in [4.69, 9.17) is 37.8 Å². The van der Waals surface area contributed by atoms with Gasteiger partial charge in [0, 0.05) is 18.0 Å². The fourth-order valence-electron chi connectivity index (χ4n) is 2.81. The van der Waals surface area contributed by atoms with Crippen LogP contribution in [-0.2, 0) is 16.4 Å². The molecule has 11 heteroatoms. The number of aromatic nitrogens is 3. The molecule has 2 aromatic heterocycles. The van der Waals surface area contributed by atoms with Crippen molar-refractivity contribution in [1.82, 2.24) is 15.0 Å². The van der Waals surface area contributed by atoms with Gasteiger partial charge in [0.1, 0.15) is 5.25 Å². The van der Waals surface area contributed by atoms with Crippen LogP contribution in [0.15, 0.2) is 30.6 Å². The Labute approximate surface area is 171 Å². The van der Waals surface area contributed by atoms with Crippen LogP contribution in [-0.4, -0.2) is 37.6 Å². The zero-order chi connectivity index (χ0) is 20.5. The Morgan fingerprint density at radius 2 is 1.86 bits per heavy atom. The third kappa shape index (κ3) is 3.97. The minimum Gasteiger partial charge on any atom is -0.477 e. The predicted octanol–water partition coefficient (Wildman–Crippen LogP) is 2.92. The SMILES string of the molecule is COc1nc2cc(Cl)c(Cl)c(C(Cc3cccnc3)S(N)(=O)=O)c2nc1OC. The van der Waals surface area contributed by atoms with Crippen LogP contribution >= 0.6 is 23.2 Å². The maximum absolute atomic E-state index is 12.5. The summed E-state index contributed by atoms with van der Waals surface area (Å²) in [4.78, 5) is 12.7. The van der Waals surface area contributed by atoms with Crippen molar-refractivity contribution in [3.63, 3.8) is 0 Å². The molecule has 0 aliphatic carbocycles. The summed E-state index contributed by atoms with van der Waals surface area (Å²) in [5.74, 6) is 0.197. The number of sulfonamides is 1. The van der Waals surface area contributed by atoms with Gasteiger partial charge in [0.2, 0.25) is 10.0 Å². The number of methoxy groups -OCH3 is 2. The Bertz CT molecular complexity index is 1130. The Balaban J connectivity index is 2.32. The van der Waals surface area contributed by atoms with Crippen molar-refractivity contribution in [2.75, 3.05) is 14.2 Å². The van der Waals surface area contributed by atoms with Crippen molar-refractivity contribution in [1.29, 1.82) is 0 Å². The molecule has 1 atom stereocenters. The minimum absolute atomic E-state index is 0.0257. The highest BCUT2D eigenvalue weighted by molar-refractivity contribution is 7.89. The zero-order valence-electron chi connectivity index (χ0n) is 14.9. The molecule has 2 heterocycles. The summed E-state index contributed by atoms with van der Waals surface area (Å²) < 4.78 is 35.3. The molecule has 0 radical (unpaired) electrons.